The number of hydrogen-bond donors (Lipinski definition) is 1. The fourth-order valence-electron chi connectivity index (χ4n) is 2.61. The van der Waals surface area contributed by atoms with E-state index in [-0.39, 0.29) is 12.1 Å². The van der Waals surface area contributed by atoms with Crippen molar-refractivity contribution in [3.8, 4) is 0 Å². The van der Waals surface area contributed by atoms with Gasteiger partial charge < -0.3 is 5.73 Å². The van der Waals surface area contributed by atoms with Crippen LogP contribution in [0.25, 0.3) is 0 Å². The predicted octanol–water partition coefficient (Wildman–Crippen LogP) is 1.75. The maximum atomic E-state index is 12.7. The van der Waals surface area contributed by atoms with Gasteiger partial charge in [0.25, 0.3) is 0 Å². The first kappa shape index (κ1) is 14.5. The van der Waals surface area contributed by atoms with Crippen LogP contribution in [0.2, 0.25) is 0 Å². The highest BCUT2D eigenvalue weighted by atomic mass is 32.2. The number of nitrogens with two attached hydrogens (primary N) is 1. The summed E-state index contributed by atoms with van der Waals surface area (Å²) in [5.41, 5.74) is 6.94. The van der Waals surface area contributed by atoms with Crippen LogP contribution < -0.4 is 5.73 Å². The summed E-state index contributed by atoms with van der Waals surface area (Å²) < 4.78 is 26.9. The van der Waals surface area contributed by atoms with Crippen LogP contribution >= 0.6 is 0 Å². The highest BCUT2D eigenvalue weighted by Crippen LogP contribution is 2.25. The van der Waals surface area contributed by atoms with Gasteiger partial charge in [0, 0.05) is 18.6 Å². The van der Waals surface area contributed by atoms with E-state index < -0.39 is 10.0 Å². The van der Waals surface area contributed by atoms with Gasteiger partial charge >= 0.3 is 0 Å². The first-order valence-corrected chi connectivity index (χ1v) is 8.25. The van der Waals surface area contributed by atoms with Gasteiger partial charge in [-0.15, -0.1) is 0 Å². The molecule has 2 atom stereocenters. The average Bonchev–Trinajstić information content (AvgIpc) is 2.38. The van der Waals surface area contributed by atoms with Crippen LogP contribution in [0.5, 0.6) is 0 Å². The lowest BCUT2D eigenvalue weighted by molar-refractivity contribution is 0.247. The van der Waals surface area contributed by atoms with Crippen LogP contribution in [0.4, 0.5) is 0 Å². The van der Waals surface area contributed by atoms with Crippen molar-refractivity contribution in [2.75, 3.05) is 6.54 Å². The number of sulfonamides is 1. The molecule has 2 N–H and O–H groups in total. The zero-order valence-corrected chi connectivity index (χ0v) is 12.4. The van der Waals surface area contributed by atoms with Crippen molar-refractivity contribution in [3.05, 3.63) is 29.8 Å². The number of rotatable bonds is 3. The topological polar surface area (TPSA) is 63.4 Å². The summed E-state index contributed by atoms with van der Waals surface area (Å²) in [5.74, 6) is 0. The standard InChI is InChI=1S/C14H22N2O2S/c1-3-12-5-4-6-14(10-12)19(17,18)16-8-7-13(15)9-11(16)2/h4-6,10-11,13H,3,7-9,15H2,1-2H3/t11-,13+/m1/s1. The molecule has 5 heteroatoms. The molecule has 1 aliphatic rings. The van der Waals surface area contributed by atoms with Gasteiger partial charge in [-0.2, -0.15) is 4.31 Å². The second kappa shape index (κ2) is 5.61. The zero-order valence-electron chi connectivity index (χ0n) is 11.5. The number of nitrogens with zero attached hydrogens (tertiary/aromatic N) is 1. The van der Waals surface area contributed by atoms with Gasteiger partial charge in [-0.1, -0.05) is 19.1 Å². The van der Waals surface area contributed by atoms with Gasteiger partial charge in [0.15, 0.2) is 0 Å². The Kier molecular flexibility index (Phi) is 4.28. The minimum atomic E-state index is -3.39. The molecule has 0 bridgehead atoms. The van der Waals surface area contributed by atoms with E-state index >= 15 is 0 Å². The number of piperidine rings is 1. The Labute approximate surface area is 115 Å². The van der Waals surface area contributed by atoms with Crippen molar-refractivity contribution in [1.82, 2.24) is 4.31 Å². The molecular formula is C14H22N2O2S. The van der Waals surface area contributed by atoms with Gasteiger partial charge in [-0.25, -0.2) is 8.42 Å². The first-order valence-electron chi connectivity index (χ1n) is 6.81. The lowest BCUT2D eigenvalue weighted by atomic mass is 10.0. The van der Waals surface area contributed by atoms with Gasteiger partial charge in [0.2, 0.25) is 10.0 Å². The molecule has 0 amide bonds. The maximum absolute atomic E-state index is 12.7. The monoisotopic (exact) mass is 282 g/mol. The summed E-state index contributed by atoms with van der Waals surface area (Å²) in [6.07, 6.45) is 2.30. The fraction of sp³-hybridized carbons (Fsp3) is 0.571. The molecule has 2 rings (SSSR count). The Hall–Kier alpha value is -0.910. The first-order chi connectivity index (χ1) is 8.95. The Morgan fingerprint density at radius 3 is 2.79 bits per heavy atom. The molecule has 0 radical (unpaired) electrons. The summed E-state index contributed by atoms with van der Waals surface area (Å²) in [5, 5.41) is 0. The number of benzene rings is 1. The lowest BCUT2D eigenvalue weighted by Gasteiger charge is -2.35. The van der Waals surface area contributed by atoms with Crippen LogP contribution in [0.15, 0.2) is 29.2 Å². The van der Waals surface area contributed by atoms with Crippen molar-refractivity contribution >= 4 is 10.0 Å². The quantitative estimate of drug-likeness (QED) is 0.918. The van der Waals surface area contributed by atoms with Crippen molar-refractivity contribution < 1.29 is 8.42 Å². The maximum Gasteiger partial charge on any atom is 0.243 e. The summed E-state index contributed by atoms with van der Waals surface area (Å²) in [4.78, 5) is 0.397. The Morgan fingerprint density at radius 2 is 2.16 bits per heavy atom. The smallest absolute Gasteiger partial charge is 0.243 e. The fourth-order valence-corrected chi connectivity index (χ4v) is 4.33. The van der Waals surface area contributed by atoms with E-state index in [9.17, 15) is 8.42 Å². The van der Waals surface area contributed by atoms with Crippen LogP contribution in [0.3, 0.4) is 0 Å². The van der Waals surface area contributed by atoms with Crippen molar-refractivity contribution in [2.24, 2.45) is 5.73 Å². The van der Waals surface area contributed by atoms with Gasteiger partial charge in [-0.05, 0) is 43.9 Å². The van der Waals surface area contributed by atoms with E-state index in [4.69, 9.17) is 5.73 Å². The highest BCUT2D eigenvalue weighted by molar-refractivity contribution is 7.89. The number of aryl methyl sites for hydroxylation is 1. The second-order valence-corrected chi connectivity index (χ2v) is 7.14. The molecule has 0 saturated carbocycles. The van der Waals surface area contributed by atoms with Gasteiger partial charge in [-0.3, -0.25) is 0 Å². The van der Waals surface area contributed by atoms with Crippen LogP contribution in [-0.4, -0.2) is 31.4 Å². The molecule has 4 nitrogen and oxygen atoms in total. The van der Waals surface area contributed by atoms with E-state index in [1.54, 1.807) is 16.4 Å². The summed E-state index contributed by atoms with van der Waals surface area (Å²) in [7, 11) is -3.39. The van der Waals surface area contributed by atoms with Crippen LogP contribution in [0.1, 0.15) is 32.3 Å². The third-order valence-electron chi connectivity index (χ3n) is 3.77. The van der Waals surface area contributed by atoms with Crippen LogP contribution in [-0.2, 0) is 16.4 Å². The summed E-state index contributed by atoms with van der Waals surface area (Å²) in [6, 6.07) is 7.30. The summed E-state index contributed by atoms with van der Waals surface area (Å²) in [6.45, 7) is 4.47. The Morgan fingerprint density at radius 1 is 1.42 bits per heavy atom. The molecule has 0 aromatic heterocycles. The van der Waals surface area contributed by atoms with Gasteiger partial charge in [0.1, 0.15) is 0 Å². The normalized spacial score (nSPS) is 25.4. The third-order valence-corrected chi connectivity index (χ3v) is 5.78. The Balaban J connectivity index is 2.31. The molecule has 106 valence electrons. The van der Waals surface area contributed by atoms with E-state index in [1.165, 1.54) is 0 Å². The largest absolute Gasteiger partial charge is 0.328 e. The average molecular weight is 282 g/mol. The minimum absolute atomic E-state index is 0.0287. The summed E-state index contributed by atoms with van der Waals surface area (Å²) >= 11 is 0. The zero-order chi connectivity index (χ0) is 14.0. The number of hydrogen-bond acceptors (Lipinski definition) is 3. The molecule has 0 aliphatic carbocycles. The minimum Gasteiger partial charge on any atom is -0.328 e. The predicted molar refractivity (Wildman–Crippen MR) is 76.4 cm³/mol. The third kappa shape index (κ3) is 2.99. The van der Waals surface area contributed by atoms with Crippen molar-refractivity contribution in [1.29, 1.82) is 0 Å². The second-order valence-electron chi connectivity index (χ2n) is 5.25. The molecule has 0 spiro atoms. The van der Waals surface area contributed by atoms with Crippen molar-refractivity contribution in [3.63, 3.8) is 0 Å². The molecular weight excluding hydrogens is 260 g/mol. The molecule has 1 saturated heterocycles. The molecule has 19 heavy (non-hydrogen) atoms. The van der Waals surface area contributed by atoms with Crippen molar-refractivity contribution in [2.45, 2.75) is 50.1 Å². The molecule has 1 aromatic rings. The van der Waals surface area contributed by atoms with Crippen LogP contribution in [0, 0.1) is 0 Å². The molecule has 1 aromatic carbocycles. The van der Waals surface area contributed by atoms with E-state index in [0.717, 1.165) is 24.8 Å². The lowest BCUT2D eigenvalue weighted by Crippen LogP contribution is -2.48. The molecule has 1 fully saturated rings. The van der Waals surface area contributed by atoms with E-state index in [1.807, 2.05) is 26.0 Å². The van der Waals surface area contributed by atoms with E-state index in [2.05, 4.69) is 0 Å². The highest BCUT2D eigenvalue weighted by Gasteiger charge is 2.33. The SMILES string of the molecule is CCc1cccc(S(=O)(=O)N2CC[C@H](N)C[C@H]2C)c1. The molecule has 1 aliphatic heterocycles. The van der Waals surface area contributed by atoms with E-state index in [0.29, 0.717) is 11.4 Å². The Bertz CT molecular complexity index is 542. The molecule has 0 unspecified atom stereocenters. The van der Waals surface area contributed by atoms with Gasteiger partial charge in [0.05, 0.1) is 4.90 Å². The molecule has 1 heterocycles.